The quantitative estimate of drug-likeness (QED) is 0.782. The van der Waals surface area contributed by atoms with E-state index >= 15 is 0 Å². The van der Waals surface area contributed by atoms with Crippen LogP contribution in [0, 0.1) is 5.92 Å². The van der Waals surface area contributed by atoms with Gasteiger partial charge in [-0.3, -0.25) is 9.59 Å². The predicted octanol–water partition coefficient (Wildman–Crippen LogP) is 2.24. The summed E-state index contributed by atoms with van der Waals surface area (Å²) >= 11 is 0. The van der Waals surface area contributed by atoms with E-state index in [0.717, 1.165) is 44.3 Å². The van der Waals surface area contributed by atoms with Gasteiger partial charge >= 0.3 is 0 Å². The number of piperidine rings is 1. The van der Waals surface area contributed by atoms with E-state index in [4.69, 9.17) is 14.2 Å². The van der Waals surface area contributed by atoms with Crippen molar-refractivity contribution in [2.45, 2.75) is 62.6 Å². The second-order valence-corrected chi connectivity index (χ2v) is 9.28. The Balaban J connectivity index is 1.37. The molecule has 1 saturated carbocycles. The van der Waals surface area contributed by atoms with Crippen LogP contribution >= 0.6 is 0 Å². The number of rotatable bonds is 2. The minimum atomic E-state index is -0.163. The van der Waals surface area contributed by atoms with Gasteiger partial charge in [-0.25, -0.2) is 0 Å². The first-order chi connectivity index (χ1) is 15.2. The Morgan fingerprint density at radius 1 is 1.03 bits per heavy atom. The van der Waals surface area contributed by atoms with Crippen molar-refractivity contribution < 1.29 is 23.8 Å². The molecule has 7 nitrogen and oxygen atoms in total. The van der Waals surface area contributed by atoms with Gasteiger partial charge in [-0.2, -0.15) is 0 Å². The fourth-order valence-corrected chi connectivity index (χ4v) is 5.38. The number of fused-ring (bicyclic) bond motifs is 5. The maximum atomic E-state index is 13.2. The van der Waals surface area contributed by atoms with E-state index in [1.54, 1.807) is 0 Å². The van der Waals surface area contributed by atoms with Crippen molar-refractivity contribution in [2.24, 2.45) is 5.92 Å². The zero-order valence-corrected chi connectivity index (χ0v) is 18.0. The first kappa shape index (κ1) is 20.8. The molecule has 1 aromatic carbocycles. The standard InChI is InChI=1S/C24H32N2O5/c27-23-15-31-22-6-2-1-4-19(22)16-7-9-18(10-8-16)30-14-21-20(5-3-11-26(21)23)25-24(28)17-12-29-13-17/h1-2,4,6,16-18,20-21H,3,5,7-15H2,(H,25,28)/t16?,18?,20-,21?/m0/s1. The number of ether oxygens (including phenoxy) is 3. The molecule has 4 aliphatic heterocycles. The van der Waals surface area contributed by atoms with Gasteiger partial charge in [-0.05, 0) is 56.1 Å². The van der Waals surface area contributed by atoms with Gasteiger partial charge < -0.3 is 24.4 Å². The molecule has 1 unspecified atom stereocenters. The number of nitrogens with zero attached hydrogens (tertiary/aromatic N) is 1. The molecule has 7 heteroatoms. The highest BCUT2D eigenvalue weighted by Crippen LogP contribution is 2.38. The van der Waals surface area contributed by atoms with E-state index < -0.39 is 0 Å². The van der Waals surface area contributed by atoms with E-state index in [2.05, 4.69) is 11.4 Å². The SMILES string of the molecule is O=C(N[C@H]1CCCN2C(=O)COc3ccccc3C3CCC(CC3)OCC12)C1COC1. The first-order valence-corrected chi connectivity index (χ1v) is 11.7. The van der Waals surface area contributed by atoms with Gasteiger partial charge in [0.1, 0.15) is 5.75 Å². The van der Waals surface area contributed by atoms with Gasteiger partial charge in [0.05, 0.1) is 43.9 Å². The Bertz CT molecular complexity index is 803. The van der Waals surface area contributed by atoms with E-state index in [0.29, 0.717) is 32.3 Å². The summed E-state index contributed by atoms with van der Waals surface area (Å²) in [6.45, 7) is 2.11. The lowest BCUT2D eigenvalue weighted by Gasteiger charge is -2.42. The maximum Gasteiger partial charge on any atom is 0.260 e. The summed E-state index contributed by atoms with van der Waals surface area (Å²) in [6, 6.07) is 7.86. The van der Waals surface area contributed by atoms with Crippen molar-refractivity contribution in [2.75, 3.05) is 33.0 Å². The van der Waals surface area contributed by atoms with Gasteiger partial charge in [0.2, 0.25) is 5.91 Å². The second kappa shape index (κ2) is 9.17. The van der Waals surface area contributed by atoms with E-state index in [-0.39, 0.29) is 42.5 Å². The molecule has 0 radical (unpaired) electrons. The van der Waals surface area contributed by atoms with E-state index in [9.17, 15) is 9.59 Å². The monoisotopic (exact) mass is 428 g/mol. The van der Waals surface area contributed by atoms with Crippen molar-refractivity contribution >= 4 is 11.8 Å². The lowest BCUT2D eigenvalue weighted by molar-refractivity contribution is -0.146. The summed E-state index contributed by atoms with van der Waals surface area (Å²) in [5.74, 6) is 1.19. The van der Waals surface area contributed by atoms with Crippen LogP contribution in [-0.4, -0.2) is 67.9 Å². The predicted molar refractivity (Wildman–Crippen MR) is 114 cm³/mol. The minimum Gasteiger partial charge on any atom is -0.483 e. The normalized spacial score (nSPS) is 31.7. The topological polar surface area (TPSA) is 77.1 Å². The van der Waals surface area contributed by atoms with E-state index in [1.165, 1.54) is 5.56 Å². The summed E-state index contributed by atoms with van der Waals surface area (Å²) in [6.07, 6.45) is 6.07. The van der Waals surface area contributed by atoms with Crippen LogP contribution in [0.1, 0.15) is 50.0 Å². The molecule has 2 bridgehead atoms. The molecule has 3 fully saturated rings. The molecule has 1 aliphatic carbocycles. The van der Waals surface area contributed by atoms with Crippen molar-refractivity contribution in [1.82, 2.24) is 10.2 Å². The Kier molecular flexibility index (Phi) is 6.14. The third-order valence-electron chi connectivity index (χ3n) is 7.32. The van der Waals surface area contributed by atoms with E-state index in [1.807, 2.05) is 23.1 Å². The number of amides is 2. The summed E-state index contributed by atoms with van der Waals surface area (Å²) < 4.78 is 17.6. The van der Waals surface area contributed by atoms with Crippen LogP contribution in [0.5, 0.6) is 5.75 Å². The average molecular weight is 429 g/mol. The van der Waals surface area contributed by atoms with Crippen molar-refractivity contribution in [3.63, 3.8) is 0 Å². The van der Waals surface area contributed by atoms with Crippen molar-refractivity contribution in [3.05, 3.63) is 29.8 Å². The molecule has 31 heavy (non-hydrogen) atoms. The summed E-state index contributed by atoms with van der Waals surface area (Å²) in [5.41, 5.74) is 1.20. The molecule has 4 heterocycles. The number of hydrogen-bond donors (Lipinski definition) is 1. The lowest BCUT2D eigenvalue weighted by Crippen LogP contribution is -2.61. The van der Waals surface area contributed by atoms with Gasteiger partial charge in [-0.1, -0.05) is 18.2 Å². The number of benzene rings is 1. The van der Waals surface area contributed by atoms with Crippen LogP contribution in [0.2, 0.25) is 0 Å². The number of carbonyl (C=O) groups excluding carboxylic acids is 2. The van der Waals surface area contributed by atoms with Crippen molar-refractivity contribution in [1.29, 1.82) is 0 Å². The molecule has 1 aromatic rings. The summed E-state index contributed by atoms with van der Waals surface area (Å²) in [5, 5.41) is 3.19. The summed E-state index contributed by atoms with van der Waals surface area (Å²) in [7, 11) is 0. The highest BCUT2D eigenvalue weighted by Gasteiger charge is 2.38. The molecule has 2 saturated heterocycles. The van der Waals surface area contributed by atoms with Crippen LogP contribution in [0.25, 0.3) is 0 Å². The Morgan fingerprint density at radius 3 is 2.61 bits per heavy atom. The molecule has 1 N–H and O–H groups in total. The molecular weight excluding hydrogens is 396 g/mol. The minimum absolute atomic E-state index is 0.0147. The molecule has 0 spiro atoms. The maximum absolute atomic E-state index is 13.2. The third-order valence-corrected chi connectivity index (χ3v) is 7.32. The summed E-state index contributed by atoms with van der Waals surface area (Å²) in [4.78, 5) is 27.6. The zero-order valence-electron chi connectivity index (χ0n) is 18.0. The average Bonchev–Trinajstić information content (AvgIpc) is 2.77. The van der Waals surface area contributed by atoms with Gasteiger partial charge in [0.25, 0.3) is 5.91 Å². The third kappa shape index (κ3) is 4.44. The van der Waals surface area contributed by atoms with Gasteiger partial charge in [0, 0.05) is 6.54 Å². The van der Waals surface area contributed by atoms with Crippen molar-refractivity contribution in [3.8, 4) is 5.75 Å². The number of nitrogens with one attached hydrogen (secondary N) is 1. The second-order valence-electron chi connectivity index (χ2n) is 9.28. The fraction of sp³-hybridized carbons (Fsp3) is 0.667. The first-order valence-electron chi connectivity index (χ1n) is 11.7. The van der Waals surface area contributed by atoms with Crippen LogP contribution in [0.4, 0.5) is 0 Å². The molecule has 2 amide bonds. The molecule has 0 aromatic heterocycles. The number of hydrogen-bond acceptors (Lipinski definition) is 5. The highest BCUT2D eigenvalue weighted by atomic mass is 16.5. The Labute approximate surface area is 183 Å². The molecule has 168 valence electrons. The molecule has 6 rings (SSSR count). The highest BCUT2D eigenvalue weighted by molar-refractivity contribution is 5.81. The van der Waals surface area contributed by atoms with Crippen LogP contribution in [0.3, 0.4) is 0 Å². The zero-order chi connectivity index (χ0) is 21.2. The van der Waals surface area contributed by atoms with Crippen LogP contribution in [-0.2, 0) is 19.1 Å². The van der Waals surface area contributed by atoms with Crippen LogP contribution < -0.4 is 10.1 Å². The molecular formula is C24H32N2O5. The smallest absolute Gasteiger partial charge is 0.260 e. The van der Waals surface area contributed by atoms with Gasteiger partial charge in [0.15, 0.2) is 6.61 Å². The number of para-hydroxylation sites is 1. The largest absolute Gasteiger partial charge is 0.483 e. The van der Waals surface area contributed by atoms with Gasteiger partial charge in [-0.15, -0.1) is 0 Å². The molecule has 2 atom stereocenters. The Hall–Kier alpha value is -2.12. The lowest BCUT2D eigenvalue weighted by atomic mass is 9.82. The fourth-order valence-electron chi connectivity index (χ4n) is 5.38. The number of carbonyl (C=O) groups is 2. The van der Waals surface area contributed by atoms with Crippen LogP contribution in [0.15, 0.2) is 24.3 Å². The Morgan fingerprint density at radius 2 is 1.84 bits per heavy atom. The molecule has 5 aliphatic rings.